The van der Waals surface area contributed by atoms with Crippen LogP contribution in [0, 0.1) is 0 Å². The van der Waals surface area contributed by atoms with Crippen LogP contribution in [-0.4, -0.2) is 24.5 Å². The first-order valence-corrected chi connectivity index (χ1v) is 6.32. The summed E-state index contributed by atoms with van der Waals surface area (Å²) in [6, 6.07) is 10.4. The van der Waals surface area contributed by atoms with Gasteiger partial charge < -0.3 is 14.8 Å². The number of hydrogen-bond acceptors (Lipinski definition) is 3. The lowest BCUT2D eigenvalue weighted by Crippen LogP contribution is -2.40. The maximum Gasteiger partial charge on any atom is 0.163 e. The molecule has 1 aromatic rings. The SMILES string of the molecule is C=C[C@@H](NCc1ccccc1)[C@H]1COC(C)(C)O1. The third-order valence-corrected chi connectivity index (χ3v) is 3.07. The lowest BCUT2D eigenvalue weighted by atomic mass is 10.1. The van der Waals surface area contributed by atoms with E-state index in [1.165, 1.54) is 5.56 Å². The summed E-state index contributed by atoms with van der Waals surface area (Å²) in [5.74, 6) is -0.486. The van der Waals surface area contributed by atoms with Gasteiger partial charge in [-0.2, -0.15) is 0 Å². The Bertz CT molecular complexity index is 389. The molecule has 1 saturated heterocycles. The lowest BCUT2D eigenvalue weighted by molar-refractivity contribution is -0.140. The molecule has 3 heteroatoms. The average molecular weight is 247 g/mol. The molecule has 3 nitrogen and oxygen atoms in total. The van der Waals surface area contributed by atoms with E-state index in [-0.39, 0.29) is 12.1 Å². The molecule has 0 bridgehead atoms. The molecule has 0 spiro atoms. The van der Waals surface area contributed by atoms with Gasteiger partial charge in [0.2, 0.25) is 0 Å². The maximum absolute atomic E-state index is 5.83. The van der Waals surface area contributed by atoms with Crippen LogP contribution in [0.2, 0.25) is 0 Å². The summed E-state index contributed by atoms with van der Waals surface area (Å²) in [6.07, 6.45) is 1.92. The van der Waals surface area contributed by atoms with Gasteiger partial charge in [-0.25, -0.2) is 0 Å². The van der Waals surface area contributed by atoms with Gasteiger partial charge in [0, 0.05) is 6.54 Å². The predicted octanol–water partition coefficient (Wildman–Crippen LogP) is 2.48. The van der Waals surface area contributed by atoms with Gasteiger partial charge in [0.1, 0.15) is 6.10 Å². The summed E-state index contributed by atoms with van der Waals surface area (Å²) in [5.41, 5.74) is 1.25. The molecule has 1 aliphatic rings. The summed E-state index contributed by atoms with van der Waals surface area (Å²) in [6.45, 7) is 9.14. The fourth-order valence-electron chi connectivity index (χ4n) is 2.09. The molecule has 2 atom stereocenters. The van der Waals surface area contributed by atoms with Crippen molar-refractivity contribution in [2.45, 2.75) is 38.3 Å². The molecule has 18 heavy (non-hydrogen) atoms. The number of rotatable bonds is 5. The van der Waals surface area contributed by atoms with Crippen molar-refractivity contribution in [2.75, 3.05) is 6.61 Å². The highest BCUT2D eigenvalue weighted by Gasteiger charge is 2.36. The van der Waals surface area contributed by atoms with Crippen molar-refractivity contribution in [3.05, 3.63) is 48.6 Å². The number of hydrogen-bond donors (Lipinski definition) is 1. The van der Waals surface area contributed by atoms with Gasteiger partial charge in [0.25, 0.3) is 0 Å². The van der Waals surface area contributed by atoms with Gasteiger partial charge >= 0.3 is 0 Å². The Morgan fingerprint density at radius 1 is 1.44 bits per heavy atom. The Morgan fingerprint density at radius 3 is 2.72 bits per heavy atom. The molecular formula is C15H21NO2. The molecule has 0 amide bonds. The van der Waals surface area contributed by atoms with Gasteiger partial charge in [0.15, 0.2) is 5.79 Å². The van der Waals surface area contributed by atoms with Crippen LogP contribution in [0.4, 0.5) is 0 Å². The molecule has 1 heterocycles. The highest BCUT2D eigenvalue weighted by atomic mass is 16.7. The average Bonchev–Trinajstić information content (AvgIpc) is 2.72. The van der Waals surface area contributed by atoms with E-state index in [0.29, 0.717) is 6.61 Å². The highest BCUT2D eigenvalue weighted by molar-refractivity contribution is 5.14. The van der Waals surface area contributed by atoms with Crippen LogP contribution in [0.15, 0.2) is 43.0 Å². The van der Waals surface area contributed by atoms with Crippen LogP contribution in [0.3, 0.4) is 0 Å². The van der Waals surface area contributed by atoms with Crippen LogP contribution in [0.5, 0.6) is 0 Å². The van der Waals surface area contributed by atoms with Crippen molar-refractivity contribution in [1.82, 2.24) is 5.32 Å². The standard InChI is InChI=1S/C15H21NO2/c1-4-13(14-11-17-15(2,3)18-14)16-10-12-8-6-5-7-9-12/h4-9,13-14,16H,1,10-11H2,2-3H3/t13-,14-/m1/s1. The number of ether oxygens (including phenoxy) is 2. The summed E-state index contributed by atoms with van der Waals surface area (Å²) in [7, 11) is 0. The van der Waals surface area contributed by atoms with Crippen molar-refractivity contribution in [2.24, 2.45) is 0 Å². The molecule has 1 fully saturated rings. The van der Waals surface area contributed by atoms with E-state index in [1.807, 2.05) is 38.1 Å². The molecular weight excluding hydrogens is 226 g/mol. The first kappa shape index (κ1) is 13.3. The van der Waals surface area contributed by atoms with Crippen molar-refractivity contribution in [1.29, 1.82) is 0 Å². The summed E-state index contributed by atoms with van der Waals surface area (Å²) in [4.78, 5) is 0. The molecule has 0 saturated carbocycles. The zero-order valence-corrected chi connectivity index (χ0v) is 11.1. The Balaban J connectivity index is 1.89. The van der Waals surface area contributed by atoms with E-state index >= 15 is 0 Å². The monoisotopic (exact) mass is 247 g/mol. The zero-order chi connectivity index (χ0) is 13.0. The van der Waals surface area contributed by atoms with Crippen molar-refractivity contribution in [3.8, 4) is 0 Å². The minimum absolute atomic E-state index is 0.0289. The van der Waals surface area contributed by atoms with Crippen molar-refractivity contribution < 1.29 is 9.47 Å². The van der Waals surface area contributed by atoms with Gasteiger partial charge in [0.05, 0.1) is 12.6 Å². The minimum Gasteiger partial charge on any atom is -0.348 e. The lowest BCUT2D eigenvalue weighted by Gasteiger charge is -2.22. The quantitative estimate of drug-likeness (QED) is 0.811. The highest BCUT2D eigenvalue weighted by Crippen LogP contribution is 2.24. The van der Waals surface area contributed by atoms with Gasteiger partial charge in [-0.15, -0.1) is 6.58 Å². The predicted molar refractivity (Wildman–Crippen MR) is 72.2 cm³/mol. The third kappa shape index (κ3) is 3.42. The number of nitrogens with one attached hydrogen (secondary N) is 1. The normalized spacial score (nSPS) is 23.8. The van der Waals surface area contributed by atoms with Gasteiger partial charge in [-0.3, -0.25) is 0 Å². The smallest absolute Gasteiger partial charge is 0.163 e. The second kappa shape index (κ2) is 5.65. The van der Waals surface area contributed by atoms with Crippen molar-refractivity contribution >= 4 is 0 Å². The molecule has 1 N–H and O–H groups in total. The fourth-order valence-corrected chi connectivity index (χ4v) is 2.09. The molecule has 0 aliphatic carbocycles. The second-order valence-corrected chi connectivity index (χ2v) is 5.00. The molecule has 0 aromatic heterocycles. The summed E-state index contributed by atoms with van der Waals surface area (Å²) in [5, 5.41) is 3.44. The van der Waals surface area contributed by atoms with Crippen LogP contribution in [0.25, 0.3) is 0 Å². The zero-order valence-electron chi connectivity index (χ0n) is 11.1. The van der Waals surface area contributed by atoms with Crippen LogP contribution < -0.4 is 5.32 Å². The Morgan fingerprint density at radius 2 is 2.17 bits per heavy atom. The van der Waals surface area contributed by atoms with E-state index in [1.54, 1.807) is 0 Å². The largest absolute Gasteiger partial charge is 0.348 e. The molecule has 0 radical (unpaired) electrons. The topological polar surface area (TPSA) is 30.5 Å². The molecule has 1 aliphatic heterocycles. The summed E-state index contributed by atoms with van der Waals surface area (Å²) < 4.78 is 11.4. The van der Waals surface area contributed by atoms with Crippen LogP contribution in [0.1, 0.15) is 19.4 Å². The first-order valence-electron chi connectivity index (χ1n) is 6.32. The van der Waals surface area contributed by atoms with Gasteiger partial charge in [-0.05, 0) is 19.4 Å². The van der Waals surface area contributed by atoms with Crippen LogP contribution >= 0.6 is 0 Å². The second-order valence-electron chi connectivity index (χ2n) is 5.00. The van der Waals surface area contributed by atoms with E-state index in [9.17, 15) is 0 Å². The minimum atomic E-state index is -0.486. The molecule has 0 unspecified atom stereocenters. The Hall–Kier alpha value is -1.16. The van der Waals surface area contributed by atoms with E-state index in [0.717, 1.165) is 6.54 Å². The number of benzene rings is 1. The molecule has 1 aromatic carbocycles. The Kier molecular flexibility index (Phi) is 4.17. The van der Waals surface area contributed by atoms with E-state index < -0.39 is 5.79 Å². The Labute approximate surface area is 109 Å². The van der Waals surface area contributed by atoms with Crippen LogP contribution in [-0.2, 0) is 16.0 Å². The summed E-state index contributed by atoms with van der Waals surface area (Å²) >= 11 is 0. The van der Waals surface area contributed by atoms with E-state index in [2.05, 4.69) is 24.0 Å². The molecule has 98 valence electrons. The third-order valence-electron chi connectivity index (χ3n) is 3.07. The maximum atomic E-state index is 5.83. The van der Waals surface area contributed by atoms with E-state index in [4.69, 9.17) is 9.47 Å². The first-order chi connectivity index (χ1) is 8.61. The fraction of sp³-hybridized carbons (Fsp3) is 0.467. The molecule has 2 rings (SSSR count). The van der Waals surface area contributed by atoms with Crippen molar-refractivity contribution in [3.63, 3.8) is 0 Å². The van der Waals surface area contributed by atoms with Gasteiger partial charge in [-0.1, -0.05) is 36.4 Å².